The lowest BCUT2D eigenvalue weighted by molar-refractivity contribution is 0.331. The Balaban J connectivity index is 1.94. The van der Waals surface area contributed by atoms with Crippen molar-refractivity contribution in [2.75, 3.05) is 6.61 Å². The van der Waals surface area contributed by atoms with Gasteiger partial charge in [-0.1, -0.05) is 13.0 Å². The Morgan fingerprint density at radius 2 is 2.27 bits per heavy atom. The minimum Gasteiger partial charge on any atom is -0.373 e. The van der Waals surface area contributed by atoms with E-state index < -0.39 is 0 Å². The lowest BCUT2D eigenvalue weighted by atomic mass is 9.96. The molecule has 1 fully saturated rings. The SMILES string of the molecule is Cc1ccc(F)cc1CC[C@@H](C)[C@H]1CO1. The Kier molecular flexibility index (Phi) is 3.06. The van der Waals surface area contributed by atoms with Crippen molar-refractivity contribution in [1.82, 2.24) is 0 Å². The molecule has 1 saturated heterocycles. The largest absolute Gasteiger partial charge is 0.373 e. The quantitative estimate of drug-likeness (QED) is 0.693. The highest BCUT2D eigenvalue weighted by atomic mass is 19.1. The summed E-state index contributed by atoms with van der Waals surface area (Å²) in [5, 5.41) is 0. The summed E-state index contributed by atoms with van der Waals surface area (Å²) >= 11 is 0. The van der Waals surface area contributed by atoms with Crippen molar-refractivity contribution in [3.8, 4) is 0 Å². The molecule has 0 radical (unpaired) electrons. The number of rotatable bonds is 4. The van der Waals surface area contributed by atoms with Crippen molar-refractivity contribution in [2.45, 2.75) is 32.8 Å². The van der Waals surface area contributed by atoms with E-state index in [9.17, 15) is 4.39 Å². The number of halogens is 1. The zero-order valence-electron chi connectivity index (χ0n) is 9.29. The van der Waals surface area contributed by atoms with Gasteiger partial charge in [0.15, 0.2) is 0 Å². The molecular formula is C13H17FO. The molecule has 1 heterocycles. The number of hydrogen-bond donors (Lipinski definition) is 0. The molecule has 0 bridgehead atoms. The van der Waals surface area contributed by atoms with Crippen LogP contribution in [0, 0.1) is 18.7 Å². The second kappa shape index (κ2) is 4.31. The van der Waals surface area contributed by atoms with Crippen LogP contribution in [0.3, 0.4) is 0 Å². The summed E-state index contributed by atoms with van der Waals surface area (Å²) in [5.41, 5.74) is 2.31. The number of aryl methyl sites for hydroxylation is 2. The van der Waals surface area contributed by atoms with Gasteiger partial charge in [-0.25, -0.2) is 4.39 Å². The molecule has 1 nitrogen and oxygen atoms in total. The summed E-state index contributed by atoms with van der Waals surface area (Å²) in [6.07, 6.45) is 2.48. The van der Waals surface area contributed by atoms with Gasteiger partial charge >= 0.3 is 0 Å². The molecular weight excluding hydrogens is 191 g/mol. The van der Waals surface area contributed by atoms with Gasteiger partial charge in [0.2, 0.25) is 0 Å². The Hall–Kier alpha value is -0.890. The molecule has 1 aliphatic heterocycles. The minimum absolute atomic E-state index is 0.133. The topological polar surface area (TPSA) is 12.5 Å². The van der Waals surface area contributed by atoms with Crippen LogP contribution in [0.5, 0.6) is 0 Å². The van der Waals surface area contributed by atoms with Crippen LogP contribution in [-0.4, -0.2) is 12.7 Å². The fourth-order valence-electron chi connectivity index (χ4n) is 1.86. The first-order chi connectivity index (χ1) is 7.16. The Morgan fingerprint density at radius 3 is 2.93 bits per heavy atom. The second-order valence-corrected chi connectivity index (χ2v) is 4.46. The van der Waals surface area contributed by atoms with Crippen molar-refractivity contribution in [2.24, 2.45) is 5.92 Å². The van der Waals surface area contributed by atoms with Gasteiger partial charge in [0.25, 0.3) is 0 Å². The Labute approximate surface area is 90.3 Å². The first-order valence-corrected chi connectivity index (χ1v) is 5.53. The molecule has 0 spiro atoms. The van der Waals surface area contributed by atoms with Gasteiger partial charge in [0.05, 0.1) is 12.7 Å². The van der Waals surface area contributed by atoms with Crippen LogP contribution in [0.15, 0.2) is 18.2 Å². The van der Waals surface area contributed by atoms with Crippen LogP contribution < -0.4 is 0 Å². The molecule has 0 aliphatic carbocycles. The average molecular weight is 208 g/mol. The number of epoxide rings is 1. The fraction of sp³-hybridized carbons (Fsp3) is 0.538. The highest BCUT2D eigenvalue weighted by molar-refractivity contribution is 5.26. The summed E-state index contributed by atoms with van der Waals surface area (Å²) < 4.78 is 18.3. The first-order valence-electron chi connectivity index (χ1n) is 5.53. The van der Waals surface area contributed by atoms with Gasteiger partial charge < -0.3 is 4.74 Å². The maximum Gasteiger partial charge on any atom is 0.123 e. The third-order valence-electron chi connectivity index (χ3n) is 3.17. The molecule has 2 atom stereocenters. The summed E-state index contributed by atoms with van der Waals surface area (Å²) in [6.45, 7) is 5.14. The summed E-state index contributed by atoms with van der Waals surface area (Å²) in [6, 6.07) is 5.02. The lowest BCUT2D eigenvalue weighted by Gasteiger charge is -2.09. The van der Waals surface area contributed by atoms with E-state index >= 15 is 0 Å². The number of benzene rings is 1. The van der Waals surface area contributed by atoms with Gasteiger partial charge in [-0.2, -0.15) is 0 Å². The van der Waals surface area contributed by atoms with Crippen LogP contribution in [0.25, 0.3) is 0 Å². The molecule has 2 heteroatoms. The van der Waals surface area contributed by atoms with E-state index in [0.717, 1.165) is 25.0 Å². The van der Waals surface area contributed by atoms with Crippen molar-refractivity contribution in [1.29, 1.82) is 0 Å². The lowest BCUT2D eigenvalue weighted by Crippen LogP contribution is -2.05. The van der Waals surface area contributed by atoms with Crippen molar-refractivity contribution in [3.05, 3.63) is 35.1 Å². The van der Waals surface area contributed by atoms with E-state index in [1.807, 2.05) is 13.0 Å². The predicted octanol–water partition coefficient (Wildman–Crippen LogP) is 3.10. The molecule has 1 aromatic carbocycles. The van der Waals surface area contributed by atoms with Gasteiger partial charge in [0, 0.05) is 0 Å². The number of hydrogen-bond acceptors (Lipinski definition) is 1. The fourth-order valence-corrected chi connectivity index (χ4v) is 1.86. The maximum atomic E-state index is 13.0. The Morgan fingerprint density at radius 1 is 1.53 bits per heavy atom. The van der Waals surface area contributed by atoms with Crippen molar-refractivity contribution in [3.63, 3.8) is 0 Å². The minimum atomic E-state index is -0.133. The molecule has 0 saturated carbocycles. The average Bonchev–Trinajstić information content (AvgIpc) is 3.02. The second-order valence-electron chi connectivity index (χ2n) is 4.46. The van der Waals surface area contributed by atoms with E-state index in [1.165, 1.54) is 11.6 Å². The van der Waals surface area contributed by atoms with Crippen LogP contribution in [0.1, 0.15) is 24.5 Å². The smallest absolute Gasteiger partial charge is 0.123 e. The van der Waals surface area contributed by atoms with E-state index in [1.54, 1.807) is 6.07 Å². The van der Waals surface area contributed by atoms with Crippen molar-refractivity contribution < 1.29 is 9.13 Å². The van der Waals surface area contributed by atoms with Gasteiger partial charge in [-0.3, -0.25) is 0 Å². The predicted molar refractivity (Wildman–Crippen MR) is 58.4 cm³/mol. The standard InChI is InChI=1S/C13H17FO/c1-9-4-6-12(14)7-11(9)5-3-10(2)13-8-15-13/h4,6-7,10,13H,3,5,8H2,1-2H3/t10-,13-/m1/s1. The molecule has 15 heavy (non-hydrogen) atoms. The van der Waals surface area contributed by atoms with Crippen LogP contribution in [0.2, 0.25) is 0 Å². The molecule has 82 valence electrons. The summed E-state index contributed by atoms with van der Waals surface area (Å²) in [7, 11) is 0. The third kappa shape index (κ3) is 2.78. The van der Waals surface area contributed by atoms with Crippen LogP contribution in [-0.2, 0) is 11.2 Å². The monoisotopic (exact) mass is 208 g/mol. The summed E-state index contributed by atoms with van der Waals surface area (Å²) in [4.78, 5) is 0. The van der Waals surface area contributed by atoms with E-state index in [-0.39, 0.29) is 5.82 Å². The van der Waals surface area contributed by atoms with Gasteiger partial charge in [-0.15, -0.1) is 0 Å². The van der Waals surface area contributed by atoms with Crippen LogP contribution >= 0.6 is 0 Å². The van der Waals surface area contributed by atoms with Gasteiger partial charge in [0.1, 0.15) is 5.82 Å². The molecule has 0 unspecified atom stereocenters. The molecule has 1 aliphatic rings. The zero-order chi connectivity index (χ0) is 10.8. The number of ether oxygens (including phenoxy) is 1. The highest BCUT2D eigenvalue weighted by Gasteiger charge is 2.28. The first kappa shape index (κ1) is 10.6. The molecule has 0 N–H and O–H groups in total. The van der Waals surface area contributed by atoms with E-state index in [0.29, 0.717) is 12.0 Å². The summed E-state index contributed by atoms with van der Waals surface area (Å²) in [5.74, 6) is 0.457. The molecule has 1 aromatic rings. The third-order valence-corrected chi connectivity index (χ3v) is 3.17. The van der Waals surface area contributed by atoms with Gasteiger partial charge in [-0.05, 0) is 48.9 Å². The molecule has 0 amide bonds. The van der Waals surface area contributed by atoms with Crippen LogP contribution in [0.4, 0.5) is 4.39 Å². The van der Waals surface area contributed by atoms with Crippen molar-refractivity contribution >= 4 is 0 Å². The van der Waals surface area contributed by atoms with E-state index in [2.05, 4.69) is 6.92 Å². The van der Waals surface area contributed by atoms with E-state index in [4.69, 9.17) is 4.74 Å². The molecule has 2 rings (SSSR count). The Bertz CT molecular complexity index is 344. The molecule has 0 aromatic heterocycles. The highest BCUT2D eigenvalue weighted by Crippen LogP contribution is 2.24. The zero-order valence-corrected chi connectivity index (χ0v) is 9.29. The normalized spacial score (nSPS) is 21.4. The maximum absolute atomic E-state index is 13.0.